The molecular formula is C14H17BrN2O. The molecule has 4 heteroatoms. The van der Waals surface area contributed by atoms with Crippen LogP contribution >= 0.6 is 15.9 Å². The Bertz CT molecular complexity index is 441. The topological polar surface area (TPSA) is 33.2 Å². The maximum absolute atomic E-state index is 12.5. The molecule has 0 atom stereocenters. The van der Waals surface area contributed by atoms with E-state index in [0.717, 1.165) is 17.3 Å². The van der Waals surface area contributed by atoms with Crippen LogP contribution in [-0.2, 0) is 0 Å². The fourth-order valence-electron chi connectivity index (χ4n) is 2.43. The van der Waals surface area contributed by atoms with Crippen molar-refractivity contribution in [2.75, 3.05) is 6.54 Å². The summed E-state index contributed by atoms with van der Waals surface area (Å²) in [4.78, 5) is 18.6. The van der Waals surface area contributed by atoms with Crippen LogP contribution in [-0.4, -0.2) is 28.4 Å². The number of amides is 1. The van der Waals surface area contributed by atoms with Crippen LogP contribution < -0.4 is 0 Å². The van der Waals surface area contributed by atoms with Gasteiger partial charge in [-0.05, 0) is 40.9 Å². The molecule has 1 amide bonds. The molecule has 0 saturated heterocycles. The summed E-state index contributed by atoms with van der Waals surface area (Å²) >= 11 is 3.39. The number of carbonyl (C=O) groups is 1. The largest absolute Gasteiger partial charge is 0.331 e. The molecule has 0 unspecified atom stereocenters. The highest BCUT2D eigenvalue weighted by Crippen LogP contribution is 2.26. The van der Waals surface area contributed by atoms with E-state index in [0.29, 0.717) is 18.3 Å². The van der Waals surface area contributed by atoms with Crippen molar-refractivity contribution in [3.05, 3.63) is 41.2 Å². The lowest BCUT2D eigenvalue weighted by molar-refractivity contribution is 0.0699. The summed E-state index contributed by atoms with van der Waals surface area (Å²) in [5.74, 6) is -0.00530. The number of carbonyl (C=O) groups excluding carboxylic acids is 1. The van der Waals surface area contributed by atoms with Crippen molar-refractivity contribution in [1.82, 2.24) is 9.88 Å². The molecule has 1 aliphatic carbocycles. The van der Waals surface area contributed by atoms with Gasteiger partial charge in [0.25, 0.3) is 5.91 Å². The number of hydrogen-bond acceptors (Lipinski definition) is 2. The van der Waals surface area contributed by atoms with E-state index in [4.69, 9.17) is 0 Å². The molecular weight excluding hydrogens is 292 g/mol. The third-order valence-electron chi connectivity index (χ3n) is 3.31. The van der Waals surface area contributed by atoms with Crippen molar-refractivity contribution in [3.8, 4) is 0 Å². The van der Waals surface area contributed by atoms with Gasteiger partial charge in [-0.1, -0.05) is 18.9 Å². The number of halogens is 1. The highest BCUT2D eigenvalue weighted by molar-refractivity contribution is 9.10. The predicted octanol–water partition coefficient (Wildman–Crippen LogP) is 3.41. The first-order valence-electron chi connectivity index (χ1n) is 6.26. The molecule has 1 heterocycles. The third-order valence-corrected chi connectivity index (χ3v) is 3.95. The molecule has 0 bridgehead atoms. The van der Waals surface area contributed by atoms with E-state index in [1.54, 1.807) is 12.3 Å². The van der Waals surface area contributed by atoms with Gasteiger partial charge in [0.1, 0.15) is 5.69 Å². The second-order valence-corrected chi connectivity index (χ2v) is 5.37. The van der Waals surface area contributed by atoms with E-state index in [2.05, 4.69) is 27.5 Å². The van der Waals surface area contributed by atoms with Crippen molar-refractivity contribution >= 4 is 21.8 Å². The summed E-state index contributed by atoms with van der Waals surface area (Å²) in [5.41, 5.74) is 0.492. The van der Waals surface area contributed by atoms with Crippen molar-refractivity contribution in [3.63, 3.8) is 0 Å². The van der Waals surface area contributed by atoms with Gasteiger partial charge in [0, 0.05) is 23.3 Å². The fraction of sp³-hybridized carbons (Fsp3) is 0.429. The predicted molar refractivity (Wildman–Crippen MR) is 75.4 cm³/mol. The molecule has 18 heavy (non-hydrogen) atoms. The molecule has 96 valence electrons. The molecule has 1 fully saturated rings. The average Bonchev–Trinajstić information content (AvgIpc) is 2.89. The quantitative estimate of drug-likeness (QED) is 0.799. The number of rotatable bonds is 4. The monoisotopic (exact) mass is 308 g/mol. The van der Waals surface area contributed by atoms with E-state index in [9.17, 15) is 4.79 Å². The smallest absolute Gasteiger partial charge is 0.274 e. The second kappa shape index (κ2) is 6.14. The highest BCUT2D eigenvalue weighted by Gasteiger charge is 2.28. The SMILES string of the molecule is C=CCN(C(=O)c1ncccc1Br)C1CCCC1. The van der Waals surface area contributed by atoms with Crippen LogP contribution in [0.4, 0.5) is 0 Å². The maximum Gasteiger partial charge on any atom is 0.274 e. The van der Waals surface area contributed by atoms with Gasteiger partial charge in [0.15, 0.2) is 0 Å². The molecule has 1 aromatic rings. The first-order chi connectivity index (χ1) is 8.74. The van der Waals surface area contributed by atoms with Crippen molar-refractivity contribution in [2.45, 2.75) is 31.7 Å². The van der Waals surface area contributed by atoms with Crippen LogP contribution in [0, 0.1) is 0 Å². The Balaban J connectivity index is 2.22. The van der Waals surface area contributed by atoms with Crippen LogP contribution in [0.5, 0.6) is 0 Å². The molecule has 0 spiro atoms. The van der Waals surface area contributed by atoms with Gasteiger partial charge >= 0.3 is 0 Å². The van der Waals surface area contributed by atoms with Crippen molar-refractivity contribution in [1.29, 1.82) is 0 Å². The summed E-state index contributed by atoms with van der Waals surface area (Å²) in [5, 5.41) is 0. The lowest BCUT2D eigenvalue weighted by Crippen LogP contribution is -2.39. The molecule has 1 saturated carbocycles. The summed E-state index contributed by atoms with van der Waals surface area (Å²) in [7, 11) is 0. The van der Waals surface area contributed by atoms with Gasteiger partial charge < -0.3 is 4.90 Å². The van der Waals surface area contributed by atoms with E-state index < -0.39 is 0 Å². The standard InChI is InChI=1S/C14H17BrN2O/c1-2-10-17(11-6-3-4-7-11)14(18)13-12(15)8-5-9-16-13/h2,5,8-9,11H,1,3-4,6-7,10H2. The maximum atomic E-state index is 12.5. The van der Waals surface area contributed by atoms with Crippen LogP contribution in [0.3, 0.4) is 0 Å². The molecule has 0 radical (unpaired) electrons. The second-order valence-electron chi connectivity index (χ2n) is 4.52. The number of hydrogen-bond donors (Lipinski definition) is 0. The van der Waals surface area contributed by atoms with Gasteiger partial charge in [-0.3, -0.25) is 4.79 Å². The molecule has 2 rings (SSSR count). The molecule has 0 aromatic carbocycles. The minimum atomic E-state index is -0.00530. The highest BCUT2D eigenvalue weighted by atomic mass is 79.9. The Labute approximate surface area is 116 Å². The molecule has 1 aromatic heterocycles. The molecule has 0 aliphatic heterocycles. The van der Waals surface area contributed by atoms with Gasteiger partial charge in [-0.2, -0.15) is 0 Å². The molecule has 1 aliphatic rings. The number of aromatic nitrogens is 1. The zero-order chi connectivity index (χ0) is 13.0. The van der Waals surface area contributed by atoms with Gasteiger partial charge in [0.2, 0.25) is 0 Å². The van der Waals surface area contributed by atoms with Gasteiger partial charge in [-0.25, -0.2) is 4.98 Å². The normalized spacial score (nSPS) is 15.6. The van der Waals surface area contributed by atoms with Crippen molar-refractivity contribution < 1.29 is 4.79 Å². The van der Waals surface area contributed by atoms with Gasteiger partial charge in [0.05, 0.1) is 0 Å². The third kappa shape index (κ3) is 2.80. The van der Waals surface area contributed by atoms with Crippen LogP contribution in [0.2, 0.25) is 0 Å². The van der Waals surface area contributed by atoms with E-state index in [1.807, 2.05) is 17.0 Å². The lowest BCUT2D eigenvalue weighted by Gasteiger charge is -2.27. The summed E-state index contributed by atoms with van der Waals surface area (Å²) in [6, 6.07) is 4.00. The Morgan fingerprint density at radius 1 is 1.56 bits per heavy atom. The minimum Gasteiger partial charge on any atom is -0.331 e. The Kier molecular flexibility index (Phi) is 4.53. The van der Waals surface area contributed by atoms with Crippen LogP contribution in [0.15, 0.2) is 35.5 Å². The van der Waals surface area contributed by atoms with Crippen LogP contribution in [0.25, 0.3) is 0 Å². The minimum absolute atomic E-state index is 0.00530. The fourth-order valence-corrected chi connectivity index (χ4v) is 2.86. The Hall–Kier alpha value is -1.16. The lowest BCUT2D eigenvalue weighted by atomic mass is 10.2. The number of nitrogens with zero attached hydrogens (tertiary/aromatic N) is 2. The van der Waals surface area contributed by atoms with E-state index >= 15 is 0 Å². The summed E-state index contributed by atoms with van der Waals surface area (Å²) < 4.78 is 0.752. The van der Waals surface area contributed by atoms with E-state index in [-0.39, 0.29) is 5.91 Å². The summed E-state index contributed by atoms with van der Waals surface area (Å²) in [6.07, 6.45) is 8.02. The van der Waals surface area contributed by atoms with Crippen LogP contribution in [0.1, 0.15) is 36.2 Å². The summed E-state index contributed by atoms with van der Waals surface area (Å²) in [6.45, 7) is 4.33. The Morgan fingerprint density at radius 3 is 2.89 bits per heavy atom. The number of pyridine rings is 1. The first kappa shape index (κ1) is 13.3. The molecule has 3 nitrogen and oxygen atoms in total. The average molecular weight is 309 g/mol. The van der Waals surface area contributed by atoms with Crippen molar-refractivity contribution in [2.24, 2.45) is 0 Å². The zero-order valence-corrected chi connectivity index (χ0v) is 11.9. The van der Waals surface area contributed by atoms with Gasteiger partial charge in [-0.15, -0.1) is 6.58 Å². The Morgan fingerprint density at radius 2 is 2.28 bits per heavy atom. The molecule has 0 N–H and O–H groups in total. The zero-order valence-electron chi connectivity index (χ0n) is 10.3. The van der Waals surface area contributed by atoms with E-state index in [1.165, 1.54) is 12.8 Å². The first-order valence-corrected chi connectivity index (χ1v) is 7.05.